The monoisotopic (exact) mass is 390 g/mol. The molecule has 1 aromatic heterocycles. The Hall–Kier alpha value is -3.81. The maximum absolute atomic E-state index is 12.5. The largest absolute Gasteiger partial charge is 0.454 e. The van der Waals surface area contributed by atoms with Gasteiger partial charge in [-0.05, 0) is 49.2 Å². The number of rotatable bonds is 5. The van der Waals surface area contributed by atoms with Crippen LogP contribution in [-0.2, 0) is 4.79 Å². The Balaban J connectivity index is 1.25. The fraction of sp³-hybridized carbons (Fsp3) is 0.190. The van der Waals surface area contributed by atoms with Gasteiger partial charge in [0.15, 0.2) is 17.3 Å². The van der Waals surface area contributed by atoms with E-state index in [1.54, 1.807) is 47.4 Å². The van der Waals surface area contributed by atoms with Crippen LogP contribution in [0.2, 0.25) is 0 Å². The molecule has 8 nitrogen and oxygen atoms in total. The molecule has 0 unspecified atom stereocenters. The minimum Gasteiger partial charge on any atom is -0.454 e. The van der Waals surface area contributed by atoms with Crippen LogP contribution >= 0.6 is 0 Å². The molecule has 2 N–H and O–H groups in total. The summed E-state index contributed by atoms with van der Waals surface area (Å²) in [5.74, 6) is 1.72. The molecule has 0 radical (unpaired) electrons. The van der Waals surface area contributed by atoms with E-state index in [1.165, 1.54) is 0 Å². The summed E-state index contributed by atoms with van der Waals surface area (Å²) in [4.78, 5) is 28.6. The highest BCUT2D eigenvalue weighted by Crippen LogP contribution is 2.34. The fourth-order valence-electron chi connectivity index (χ4n) is 3.06. The summed E-state index contributed by atoms with van der Waals surface area (Å²) in [6.07, 6.45) is 5.27. The molecule has 0 spiro atoms. The van der Waals surface area contributed by atoms with Crippen molar-refractivity contribution in [2.24, 2.45) is 5.92 Å². The van der Waals surface area contributed by atoms with E-state index in [1.807, 2.05) is 12.1 Å². The average molecular weight is 390 g/mol. The van der Waals surface area contributed by atoms with E-state index in [0.717, 1.165) is 18.5 Å². The standard InChI is InChI=1S/C21H18N4O4/c26-20(23-15-5-8-17-18(9-15)29-12-28-17)14-3-6-16(7-4-14)25-10-19(22-11-25)24-21(27)13-1-2-13/h3-11,13H,1-2,12H2,(H,23,26)(H,24,27). The van der Waals surface area contributed by atoms with Gasteiger partial charge in [0.2, 0.25) is 12.7 Å². The van der Waals surface area contributed by atoms with Crippen molar-refractivity contribution in [3.05, 3.63) is 60.6 Å². The zero-order chi connectivity index (χ0) is 19.8. The molecule has 0 atom stereocenters. The van der Waals surface area contributed by atoms with E-state index in [0.29, 0.717) is 28.6 Å². The summed E-state index contributed by atoms with van der Waals surface area (Å²) in [5.41, 5.74) is 1.99. The van der Waals surface area contributed by atoms with Gasteiger partial charge in [-0.25, -0.2) is 4.98 Å². The zero-order valence-corrected chi connectivity index (χ0v) is 15.4. The highest BCUT2D eigenvalue weighted by atomic mass is 16.7. The molecule has 2 aromatic carbocycles. The van der Waals surface area contributed by atoms with Crippen molar-refractivity contribution in [1.29, 1.82) is 0 Å². The van der Waals surface area contributed by atoms with Crippen molar-refractivity contribution in [2.75, 3.05) is 17.4 Å². The number of nitrogens with zero attached hydrogens (tertiary/aromatic N) is 2. The van der Waals surface area contributed by atoms with Crippen molar-refractivity contribution in [3.63, 3.8) is 0 Å². The Morgan fingerprint density at radius 1 is 1.00 bits per heavy atom. The number of benzene rings is 2. The maximum Gasteiger partial charge on any atom is 0.255 e. The van der Waals surface area contributed by atoms with Gasteiger partial charge < -0.3 is 24.7 Å². The van der Waals surface area contributed by atoms with E-state index in [9.17, 15) is 9.59 Å². The lowest BCUT2D eigenvalue weighted by Crippen LogP contribution is -2.13. The maximum atomic E-state index is 12.5. The number of hydrogen-bond acceptors (Lipinski definition) is 5. The van der Waals surface area contributed by atoms with Gasteiger partial charge in [-0.15, -0.1) is 0 Å². The molecular formula is C21H18N4O4. The quantitative estimate of drug-likeness (QED) is 0.698. The van der Waals surface area contributed by atoms with Crippen LogP contribution in [0, 0.1) is 5.92 Å². The third-order valence-corrected chi connectivity index (χ3v) is 4.84. The molecule has 3 aromatic rings. The molecule has 2 heterocycles. The number of amides is 2. The van der Waals surface area contributed by atoms with E-state index < -0.39 is 0 Å². The Bertz CT molecular complexity index is 1090. The second-order valence-electron chi connectivity index (χ2n) is 7.00. The first-order chi connectivity index (χ1) is 14.2. The number of carbonyl (C=O) groups excluding carboxylic acids is 2. The average Bonchev–Trinajstić information content (AvgIpc) is 3.31. The third-order valence-electron chi connectivity index (χ3n) is 4.84. The predicted octanol–water partition coefficient (Wildman–Crippen LogP) is 3.20. The Kier molecular flexibility index (Phi) is 4.16. The molecule has 5 rings (SSSR count). The lowest BCUT2D eigenvalue weighted by Gasteiger charge is -2.07. The first-order valence-corrected chi connectivity index (χ1v) is 9.32. The van der Waals surface area contributed by atoms with Gasteiger partial charge in [-0.2, -0.15) is 0 Å². The van der Waals surface area contributed by atoms with Gasteiger partial charge in [0.1, 0.15) is 6.33 Å². The van der Waals surface area contributed by atoms with Gasteiger partial charge in [0.25, 0.3) is 5.91 Å². The van der Waals surface area contributed by atoms with Crippen molar-refractivity contribution in [3.8, 4) is 17.2 Å². The lowest BCUT2D eigenvalue weighted by molar-refractivity contribution is -0.117. The SMILES string of the molecule is O=C(Nc1ccc2c(c1)OCO2)c1ccc(-n2cnc(NC(=O)C3CC3)c2)cc1. The van der Waals surface area contributed by atoms with Crippen LogP contribution in [0.5, 0.6) is 11.5 Å². The molecule has 1 aliphatic carbocycles. The van der Waals surface area contributed by atoms with Gasteiger partial charge >= 0.3 is 0 Å². The molecule has 1 saturated carbocycles. The molecule has 1 fully saturated rings. The molecule has 0 saturated heterocycles. The molecule has 146 valence electrons. The van der Waals surface area contributed by atoms with Crippen LogP contribution < -0.4 is 20.1 Å². The Morgan fingerprint density at radius 3 is 2.59 bits per heavy atom. The van der Waals surface area contributed by atoms with Gasteiger partial charge in [0, 0.05) is 28.9 Å². The number of ether oxygens (including phenoxy) is 2. The minimum absolute atomic E-state index is 0.0192. The van der Waals surface area contributed by atoms with Crippen LogP contribution in [0.4, 0.5) is 11.5 Å². The number of hydrogen-bond donors (Lipinski definition) is 2. The van der Waals surface area contributed by atoms with Crippen LogP contribution in [0.3, 0.4) is 0 Å². The molecular weight excluding hydrogens is 372 g/mol. The Morgan fingerprint density at radius 2 is 1.79 bits per heavy atom. The van der Waals surface area contributed by atoms with E-state index in [2.05, 4.69) is 15.6 Å². The number of aromatic nitrogens is 2. The molecule has 0 bridgehead atoms. The number of fused-ring (bicyclic) bond motifs is 1. The molecule has 2 amide bonds. The van der Waals surface area contributed by atoms with Gasteiger partial charge in [-0.3, -0.25) is 9.59 Å². The van der Waals surface area contributed by atoms with E-state index in [4.69, 9.17) is 9.47 Å². The summed E-state index contributed by atoms with van der Waals surface area (Å²) in [6.45, 7) is 0.189. The predicted molar refractivity (Wildman–Crippen MR) is 105 cm³/mol. The topological polar surface area (TPSA) is 94.5 Å². The first kappa shape index (κ1) is 17.3. The van der Waals surface area contributed by atoms with Crippen LogP contribution in [0.15, 0.2) is 55.0 Å². The van der Waals surface area contributed by atoms with Crippen molar-refractivity contribution < 1.29 is 19.1 Å². The summed E-state index contributed by atoms with van der Waals surface area (Å²) in [6, 6.07) is 12.4. The van der Waals surface area contributed by atoms with Crippen LogP contribution in [-0.4, -0.2) is 28.2 Å². The summed E-state index contributed by atoms with van der Waals surface area (Å²) in [7, 11) is 0. The molecule has 29 heavy (non-hydrogen) atoms. The van der Waals surface area contributed by atoms with E-state index in [-0.39, 0.29) is 24.5 Å². The zero-order valence-electron chi connectivity index (χ0n) is 15.4. The lowest BCUT2D eigenvalue weighted by atomic mass is 10.2. The van der Waals surface area contributed by atoms with Crippen LogP contribution in [0.25, 0.3) is 5.69 Å². The molecule has 1 aliphatic heterocycles. The van der Waals surface area contributed by atoms with Gasteiger partial charge in [-0.1, -0.05) is 0 Å². The second kappa shape index (κ2) is 6.97. The molecule has 2 aliphatic rings. The summed E-state index contributed by atoms with van der Waals surface area (Å²) >= 11 is 0. The van der Waals surface area contributed by atoms with E-state index >= 15 is 0 Å². The van der Waals surface area contributed by atoms with Gasteiger partial charge in [0.05, 0.1) is 6.20 Å². The summed E-state index contributed by atoms with van der Waals surface area (Å²) < 4.78 is 12.4. The number of imidazole rings is 1. The Labute approximate surface area is 166 Å². The third kappa shape index (κ3) is 3.64. The number of nitrogens with one attached hydrogen (secondary N) is 2. The second-order valence-corrected chi connectivity index (χ2v) is 7.00. The van der Waals surface area contributed by atoms with Crippen molar-refractivity contribution in [2.45, 2.75) is 12.8 Å². The first-order valence-electron chi connectivity index (χ1n) is 9.32. The number of anilines is 2. The normalized spacial score (nSPS) is 14.5. The van der Waals surface area contributed by atoms with Crippen molar-refractivity contribution in [1.82, 2.24) is 9.55 Å². The summed E-state index contributed by atoms with van der Waals surface area (Å²) in [5, 5.41) is 5.66. The minimum atomic E-state index is -0.224. The van der Waals surface area contributed by atoms with Crippen LogP contribution in [0.1, 0.15) is 23.2 Å². The highest BCUT2D eigenvalue weighted by Gasteiger charge is 2.29. The number of carbonyl (C=O) groups is 2. The van der Waals surface area contributed by atoms with Crippen molar-refractivity contribution >= 4 is 23.3 Å². The fourth-order valence-corrected chi connectivity index (χ4v) is 3.06. The highest BCUT2D eigenvalue weighted by molar-refractivity contribution is 6.04. The molecule has 8 heteroatoms. The smallest absolute Gasteiger partial charge is 0.255 e.